The maximum Gasteiger partial charge on any atom is 0.159 e. The van der Waals surface area contributed by atoms with Gasteiger partial charge in [-0.2, -0.15) is 0 Å². The number of aromatic nitrogens is 2. The number of anilines is 1. The zero-order valence-electron chi connectivity index (χ0n) is 9.82. The van der Waals surface area contributed by atoms with Crippen LogP contribution in [0.3, 0.4) is 0 Å². The molecule has 1 aromatic rings. The first-order valence-corrected chi connectivity index (χ1v) is 5.24. The van der Waals surface area contributed by atoms with Gasteiger partial charge in [0.25, 0.3) is 0 Å². The quantitative estimate of drug-likeness (QED) is 0.823. The third kappa shape index (κ3) is 2.89. The highest BCUT2D eigenvalue weighted by molar-refractivity contribution is 5.30. The normalized spacial score (nSPS) is 13.1. The number of nitrogen functional groups attached to an aromatic ring is 1. The number of nitrogens with two attached hydrogens (primary N) is 1. The molecule has 1 atom stereocenters. The molecular formula is C11H19N3O. The molecule has 0 aliphatic rings. The van der Waals surface area contributed by atoms with Gasteiger partial charge >= 0.3 is 0 Å². The Kier molecular flexibility index (Phi) is 4.03. The first-order valence-electron chi connectivity index (χ1n) is 5.24. The minimum atomic E-state index is -0.0844. The van der Waals surface area contributed by atoms with Crippen LogP contribution in [0.5, 0.6) is 0 Å². The summed E-state index contributed by atoms with van der Waals surface area (Å²) in [6.07, 6.45) is 0.771. The van der Waals surface area contributed by atoms with E-state index in [2.05, 4.69) is 23.8 Å². The topological polar surface area (TPSA) is 61.0 Å². The van der Waals surface area contributed by atoms with Crippen molar-refractivity contribution in [2.24, 2.45) is 5.92 Å². The largest absolute Gasteiger partial charge is 0.384 e. The van der Waals surface area contributed by atoms with Crippen LogP contribution in [0.15, 0.2) is 6.07 Å². The smallest absolute Gasteiger partial charge is 0.159 e. The molecule has 2 N–H and O–H groups in total. The van der Waals surface area contributed by atoms with Gasteiger partial charge in [0.05, 0.1) is 0 Å². The Morgan fingerprint density at radius 2 is 2.07 bits per heavy atom. The Bertz CT molecular complexity index is 326. The zero-order chi connectivity index (χ0) is 11.4. The number of ether oxygens (including phenoxy) is 1. The standard InChI is InChI=1S/C11H19N3O/c1-5-8-6-9(12)14-11(13-8)10(15-4)7(2)3/h6-7,10H,5H2,1-4H3,(H2,12,13,14). The molecule has 1 unspecified atom stereocenters. The predicted octanol–water partition coefficient (Wildman–Crippen LogP) is 1.96. The highest BCUT2D eigenvalue weighted by Crippen LogP contribution is 2.22. The molecule has 4 heteroatoms. The van der Waals surface area contributed by atoms with Gasteiger partial charge in [-0.1, -0.05) is 20.8 Å². The Labute approximate surface area is 90.9 Å². The molecule has 1 heterocycles. The monoisotopic (exact) mass is 209 g/mol. The zero-order valence-corrected chi connectivity index (χ0v) is 9.82. The molecule has 84 valence electrons. The van der Waals surface area contributed by atoms with Crippen LogP contribution >= 0.6 is 0 Å². The number of hydrogen-bond acceptors (Lipinski definition) is 4. The van der Waals surface area contributed by atoms with Crippen molar-refractivity contribution in [1.29, 1.82) is 0 Å². The molecular weight excluding hydrogens is 190 g/mol. The molecule has 15 heavy (non-hydrogen) atoms. The first-order chi connectivity index (χ1) is 7.08. The fourth-order valence-electron chi connectivity index (χ4n) is 1.52. The van der Waals surface area contributed by atoms with E-state index in [1.165, 1.54) is 0 Å². The molecule has 0 saturated carbocycles. The minimum absolute atomic E-state index is 0.0844. The molecule has 0 aliphatic heterocycles. The number of rotatable bonds is 4. The second-order valence-corrected chi connectivity index (χ2v) is 3.90. The van der Waals surface area contributed by atoms with E-state index in [0.29, 0.717) is 17.6 Å². The van der Waals surface area contributed by atoms with Crippen LogP contribution in [-0.4, -0.2) is 17.1 Å². The van der Waals surface area contributed by atoms with Crippen molar-refractivity contribution in [3.05, 3.63) is 17.6 Å². The fraction of sp³-hybridized carbons (Fsp3) is 0.636. The van der Waals surface area contributed by atoms with Gasteiger partial charge in [-0.05, 0) is 12.3 Å². The average Bonchev–Trinajstić information content (AvgIpc) is 2.17. The lowest BCUT2D eigenvalue weighted by Gasteiger charge is -2.18. The van der Waals surface area contributed by atoms with Crippen molar-refractivity contribution in [3.8, 4) is 0 Å². The maximum atomic E-state index is 5.72. The molecule has 1 rings (SSSR count). The van der Waals surface area contributed by atoms with E-state index in [0.717, 1.165) is 12.1 Å². The Hall–Kier alpha value is -1.16. The van der Waals surface area contributed by atoms with Crippen molar-refractivity contribution in [3.63, 3.8) is 0 Å². The predicted molar refractivity (Wildman–Crippen MR) is 60.4 cm³/mol. The van der Waals surface area contributed by atoms with Crippen LogP contribution in [0.25, 0.3) is 0 Å². The number of nitrogens with zero attached hydrogens (tertiary/aromatic N) is 2. The lowest BCUT2D eigenvalue weighted by molar-refractivity contribution is 0.0574. The van der Waals surface area contributed by atoms with Gasteiger partial charge in [0.2, 0.25) is 0 Å². The third-order valence-electron chi connectivity index (χ3n) is 2.29. The summed E-state index contributed by atoms with van der Waals surface area (Å²) < 4.78 is 5.37. The number of aryl methyl sites for hydroxylation is 1. The Balaban J connectivity index is 3.06. The van der Waals surface area contributed by atoms with Gasteiger partial charge in [0.15, 0.2) is 5.82 Å². The molecule has 0 bridgehead atoms. The van der Waals surface area contributed by atoms with E-state index in [1.54, 1.807) is 13.2 Å². The molecule has 0 fully saturated rings. The summed E-state index contributed by atoms with van der Waals surface area (Å²) in [5.41, 5.74) is 6.68. The van der Waals surface area contributed by atoms with Crippen LogP contribution in [0.4, 0.5) is 5.82 Å². The molecule has 0 radical (unpaired) electrons. The van der Waals surface area contributed by atoms with Crippen molar-refractivity contribution >= 4 is 5.82 Å². The average molecular weight is 209 g/mol. The van der Waals surface area contributed by atoms with Gasteiger partial charge in [0.1, 0.15) is 11.9 Å². The van der Waals surface area contributed by atoms with Gasteiger partial charge in [0, 0.05) is 18.9 Å². The van der Waals surface area contributed by atoms with Gasteiger partial charge in [-0.15, -0.1) is 0 Å². The van der Waals surface area contributed by atoms with E-state index in [9.17, 15) is 0 Å². The molecule has 4 nitrogen and oxygen atoms in total. The molecule has 0 spiro atoms. The summed E-state index contributed by atoms with van der Waals surface area (Å²) in [4.78, 5) is 8.64. The Morgan fingerprint density at radius 1 is 1.40 bits per heavy atom. The molecule has 0 saturated heterocycles. The first kappa shape index (κ1) is 11.9. The lowest BCUT2D eigenvalue weighted by Crippen LogP contribution is -2.14. The lowest BCUT2D eigenvalue weighted by atomic mass is 10.1. The number of hydrogen-bond donors (Lipinski definition) is 1. The highest BCUT2D eigenvalue weighted by Gasteiger charge is 2.18. The summed E-state index contributed by atoms with van der Waals surface area (Å²) >= 11 is 0. The summed E-state index contributed by atoms with van der Waals surface area (Å²) in [6, 6.07) is 1.80. The molecule has 0 aliphatic carbocycles. The fourth-order valence-corrected chi connectivity index (χ4v) is 1.52. The van der Waals surface area contributed by atoms with Gasteiger partial charge in [-0.3, -0.25) is 0 Å². The van der Waals surface area contributed by atoms with Crippen LogP contribution in [0, 0.1) is 5.92 Å². The van der Waals surface area contributed by atoms with Crippen molar-refractivity contribution < 1.29 is 4.74 Å². The molecule has 1 aromatic heterocycles. The van der Waals surface area contributed by atoms with E-state index in [4.69, 9.17) is 10.5 Å². The summed E-state index contributed by atoms with van der Waals surface area (Å²) in [6.45, 7) is 6.20. The molecule has 0 amide bonds. The van der Waals surface area contributed by atoms with Crippen LogP contribution in [0.1, 0.15) is 38.4 Å². The van der Waals surface area contributed by atoms with Crippen molar-refractivity contribution in [1.82, 2.24) is 9.97 Å². The number of methoxy groups -OCH3 is 1. The van der Waals surface area contributed by atoms with Crippen molar-refractivity contribution in [2.75, 3.05) is 12.8 Å². The molecule has 0 aromatic carbocycles. The van der Waals surface area contributed by atoms with Crippen LogP contribution in [-0.2, 0) is 11.2 Å². The summed E-state index contributed by atoms with van der Waals surface area (Å²) in [5.74, 6) is 1.53. The van der Waals surface area contributed by atoms with Crippen molar-refractivity contribution in [2.45, 2.75) is 33.3 Å². The minimum Gasteiger partial charge on any atom is -0.384 e. The second kappa shape index (κ2) is 5.07. The van der Waals surface area contributed by atoms with Crippen LogP contribution in [0.2, 0.25) is 0 Å². The SMILES string of the molecule is CCc1cc(N)nc(C(OC)C(C)C)n1. The Morgan fingerprint density at radius 3 is 2.53 bits per heavy atom. The summed E-state index contributed by atoms with van der Waals surface area (Å²) in [7, 11) is 1.67. The third-order valence-corrected chi connectivity index (χ3v) is 2.29. The summed E-state index contributed by atoms with van der Waals surface area (Å²) in [5, 5.41) is 0. The second-order valence-electron chi connectivity index (χ2n) is 3.90. The van der Waals surface area contributed by atoms with E-state index in [1.807, 2.05) is 6.92 Å². The van der Waals surface area contributed by atoms with E-state index in [-0.39, 0.29) is 6.10 Å². The van der Waals surface area contributed by atoms with Crippen LogP contribution < -0.4 is 5.73 Å². The maximum absolute atomic E-state index is 5.72. The van der Waals surface area contributed by atoms with Gasteiger partial charge < -0.3 is 10.5 Å². The highest BCUT2D eigenvalue weighted by atomic mass is 16.5. The van der Waals surface area contributed by atoms with E-state index < -0.39 is 0 Å². The van der Waals surface area contributed by atoms with Gasteiger partial charge in [-0.25, -0.2) is 9.97 Å². The van der Waals surface area contributed by atoms with E-state index >= 15 is 0 Å².